The zero-order valence-corrected chi connectivity index (χ0v) is 29.5. The van der Waals surface area contributed by atoms with E-state index in [1.165, 1.54) is 36.7 Å². The van der Waals surface area contributed by atoms with Crippen LogP contribution in [0.15, 0.2) is 42.9 Å². The van der Waals surface area contributed by atoms with E-state index in [0.717, 1.165) is 37.7 Å². The highest BCUT2D eigenvalue weighted by molar-refractivity contribution is 5.91. The first-order valence-corrected chi connectivity index (χ1v) is 17.9. The van der Waals surface area contributed by atoms with Gasteiger partial charge in [-0.05, 0) is 49.5 Å². The highest BCUT2D eigenvalue weighted by Crippen LogP contribution is 2.29. The standard InChI is InChI=1S/C37H55N5O7/c1-25(2)17-18-32(43)29(20-26-12-7-5-8-13-26)40-34(44)31(22-28-23-38-24-39-28)41(3)35(45)33(21-27-14-9-6-10-15-27)49-37(47)42-19-11-16-30(42)36(46)48-4/h6,9-10,14-15,23-26,29-33,43H,5,7-8,11-13,16-22H2,1-4H3,(H,38,39)(H,40,44)/t29?,30-,31-,32?,33?/m0/s1. The molecule has 49 heavy (non-hydrogen) atoms. The molecule has 1 aliphatic heterocycles. The quantitative estimate of drug-likeness (QED) is 0.220. The fraction of sp³-hybridized carbons (Fsp3) is 0.649. The van der Waals surface area contributed by atoms with E-state index >= 15 is 0 Å². The first-order valence-electron chi connectivity index (χ1n) is 17.9. The van der Waals surface area contributed by atoms with Gasteiger partial charge in [-0.1, -0.05) is 76.3 Å². The maximum Gasteiger partial charge on any atom is 0.411 e. The minimum Gasteiger partial charge on any atom is -0.467 e. The number of imidazole rings is 1. The third kappa shape index (κ3) is 11.0. The van der Waals surface area contributed by atoms with Crippen molar-refractivity contribution in [3.63, 3.8) is 0 Å². The fourth-order valence-corrected chi connectivity index (χ4v) is 7.03. The maximum atomic E-state index is 14.3. The Balaban J connectivity index is 1.58. The van der Waals surface area contributed by atoms with Gasteiger partial charge in [-0.15, -0.1) is 0 Å². The van der Waals surface area contributed by atoms with E-state index in [4.69, 9.17) is 9.47 Å². The molecule has 2 aromatic rings. The molecule has 1 aromatic heterocycles. The number of benzene rings is 1. The Morgan fingerprint density at radius 3 is 2.43 bits per heavy atom. The van der Waals surface area contributed by atoms with Crippen molar-refractivity contribution < 1.29 is 33.8 Å². The number of hydrogen-bond acceptors (Lipinski definition) is 8. The molecule has 270 valence electrons. The number of aromatic nitrogens is 2. The van der Waals surface area contributed by atoms with Crippen molar-refractivity contribution in [2.75, 3.05) is 20.7 Å². The van der Waals surface area contributed by atoms with E-state index in [0.29, 0.717) is 49.8 Å². The predicted octanol–water partition coefficient (Wildman–Crippen LogP) is 4.42. The van der Waals surface area contributed by atoms with Gasteiger partial charge in [0.05, 0.1) is 25.6 Å². The molecule has 2 fully saturated rings. The molecule has 0 radical (unpaired) electrons. The van der Waals surface area contributed by atoms with Gasteiger partial charge in [0.15, 0.2) is 6.10 Å². The summed E-state index contributed by atoms with van der Waals surface area (Å²) in [6, 6.07) is 6.95. The van der Waals surface area contributed by atoms with Crippen molar-refractivity contribution in [1.29, 1.82) is 0 Å². The average Bonchev–Trinajstić information content (AvgIpc) is 3.82. The Bertz CT molecular complexity index is 1330. The van der Waals surface area contributed by atoms with Gasteiger partial charge in [0.25, 0.3) is 5.91 Å². The van der Waals surface area contributed by atoms with Crippen LogP contribution in [0.3, 0.4) is 0 Å². The number of carbonyl (C=O) groups excluding carboxylic acids is 4. The molecule has 1 saturated heterocycles. The highest BCUT2D eigenvalue weighted by Gasteiger charge is 2.40. The number of carbonyl (C=O) groups is 4. The lowest BCUT2D eigenvalue weighted by Gasteiger charge is -2.34. The van der Waals surface area contributed by atoms with E-state index in [1.807, 2.05) is 30.3 Å². The molecular formula is C37H55N5O7. The zero-order valence-electron chi connectivity index (χ0n) is 29.5. The lowest BCUT2D eigenvalue weighted by atomic mass is 9.83. The number of nitrogens with one attached hydrogen (secondary N) is 2. The molecule has 0 spiro atoms. The minimum atomic E-state index is -1.27. The summed E-state index contributed by atoms with van der Waals surface area (Å²) in [6.07, 6.45) is 9.29. The van der Waals surface area contributed by atoms with Crippen molar-refractivity contribution in [2.24, 2.45) is 11.8 Å². The number of likely N-dealkylation sites (N-methyl/N-ethyl adjacent to an activating group) is 1. The van der Waals surface area contributed by atoms with Crippen LogP contribution in [0.25, 0.3) is 0 Å². The molecule has 12 heteroatoms. The van der Waals surface area contributed by atoms with E-state index in [2.05, 4.69) is 29.1 Å². The third-order valence-corrected chi connectivity index (χ3v) is 9.97. The molecule has 3 amide bonds. The summed E-state index contributed by atoms with van der Waals surface area (Å²) in [5.74, 6) is -0.676. The van der Waals surface area contributed by atoms with E-state index < -0.39 is 54.2 Å². The van der Waals surface area contributed by atoms with Crippen LogP contribution in [-0.4, -0.2) is 99.8 Å². The zero-order chi connectivity index (χ0) is 35.3. The van der Waals surface area contributed by atoms with Crippen LogP contribution < -0.4 is 5.32 Å². The molecule has 1 aromatic carbocycles. The van der Waals surface area contributed by atoms with Gasteiger partial charge in [0.1, 0.15) is 12.1 Å². The molecular weight excluding hydrogens is 626 g/mol. The molecule has 2 aliphatic rings. The van der Waals surface area contributed by atoms with Gasteiger partial charge in [-0.3, -0.25) is 14.5 Å². The highest BCUT2D eigenvalue weighted by atomic mass is 16.6. The molecule has 5 atom stereocenters. The fourth-order valence-electron chi connectivity index (χ4n) is 7.03. The van der Waals surface area contributed by atoms with Crippen LogP contribution in [0.5, 0.6) is 0 Å². The summed E-state index contributed by atoms with van der Waals surface area (Å²) >= 11 is 0. The number of rotatable bonds is 16. The first-order chi connectivity index (χ1) is 23.6. The number of ether oxygens (including phenoxy) is 2. The second-order valence-corrected chi connectivity index (χ2v) is 14.1. The van der Waals surface area contributed by atoms with Crippen LogP contribution in [0, 0.1) is 11.8 Å². The number of aliphatic hydroxyl groups excluding tert-OH is 1. The van der Waals surface area contributed by atoms with E-state index in [1.54, 1.807) is 6.20 Å². The largest absolute Gasteiger partial charge is 0.467 e. The molecule has 3 N–H and O–H groups in total. The second-order valence-electron chi connectivity index (χ2n) is 14.1. The second kappa shape index (κ2) is 18.7. The van der Waals surface area contributed by atoms with Crippen LogP contribution >= 0.6 is 0 Å². The maximum absolute atomic E-state index is 14.3. The third-order valence-electron chi connectivity index (χ3n) is 9.97. The van der Waals surface area contributed by atoms with Crippen LogP contribution in [0.1, 0.15) is 89.3 Å². The van der Waals surface area contributed by atoms with Gasteiger partial charge in [-0.2, -0.15) is 0 Å². The lowest BCUT2D eigenvalue weighted by molar-refractivity contribution is -0.148. The SMILES string of the molecule is COC(=O)[C@@H]1CCCN1C(=O)OC(Cc1ccccc1)C(=O)N(C)[C@@H](Cc1cnc[nH]1)C(=O)NC(CC1CCCCC1)C(O)CCC(C)C. The van der Waals surface area contributed by atoms with E-state index in [-0.39, 0.29) is 12.8 Å². The monoisotopic (exact) mass is 681 g/mol. The Hall–Kier alpha value is -3.93. The number of methoxy groups -OCH3 is 1. The summed E-state index contributed by atoms with van der Waals surface area (Å²) < 4.78 is 10.8. The number of H-pyrrole nitrogens is 1. The number of aliphatic hydroxyl groups is 1. The molecule has 1 saturated carbocycles. The summed E-state index contributed by atoms with van der Waals surface area (Å²) in [7, 11) is 2.81. The van der Waals surface area contributed by atoms with Crippen LogP contribution in [0.2, 0.25) is 0 Å². The molecule has 12 nitrogen and oxygen atoms in total. The Morgan fingerprint density at radius 2 is 1.78 bits per heavy atom. The Labute approximate surface area is 290 Å². The Kier molecular flexibility index (Phi) is 14.5. The van der Waals surface area contributed by atoms with Crippen molar-refractivity contribution in [2.45, 2.75) is 121 Å². The summed E-state index contributed by atoms with van der Waals surface area (Å²) in [5.41, 5.74) is 1.42. The number of esters is 1. The van der Waals surface area contributed by atoms with E-state index in [9.17, 15) is 24.3 Å². The number of aromatic amines is 1. The number of hydrogen-bond donors (Lipinski definition) is 3. The van der Waals surface area contributed by atoms with Crippen LogP contribution in [0.4, 0.5) is 4.79 Å². The predicted molar refractivity (Wildman–Crippen MR) is 184 cm³/mol. The van der Waals surface area contributed by atoms with Crippen molar-refractivity contribution >= 4 is 23.9 Å². The number of amides is 3. The van der Waals surface area contributed by atoms with Gasteiger partial charge >= 0.3 is 12.1 Å². The molecule has 0 bridgehead atoms. The number of likely N-dealkylation sites (tertiary alicyclic amines) is 1. The molecule has 1 aliphatic carbocycles. The van der Waals surface area contributed by atoms with Crippen LogP contribution in [-0.2, 0) is 36.7 Å². The van der Waals surface area contributed by atoms with Crippen molar-refractivity contribution in [1.82, 2.24) is 25.1 Å². The van der Waals surface area contributed by atoms with Gasteiger partial charge in [0.2, 0.25) is 5.91 Å². The van der Waals surface area contributed by atoms with Gasteiger partial charge < -0.3 is 29.8 Å². The molecule has 3 unspecified atom stereocenters. The summed E-state index contributed by atoms with van der Waals surface area (Å²) in [4.78, 5) is 64.2. The lowest BCUT2D eigenvalue weighted by Crippen LogP contribution is -2.56. The van der Waals surface area contributed by atoms with Crippen molar-refractivity contribution in [3.8, 4) is 0 Å². The molecule has 4 rings (SSSR count). The normalized spacial score (nSPS) is 19.1. The van der Waals surface area contributed by atoms with Gasteiger partial charge in [0, 0.05) is 38.3 Å². The smallest absolute Gasteiger partial charge is 0.411 e. The average molecular weight is 682 g/mol. The van der Waals surface area contributed by atoms with Gasteiger partial charge in [-0.25, -0.2) is 14.6 Å². The minimum absolute atomic E-state index is 0.0725. The first kappa shape index (κ1) is 37.9. The molecule has 2 heterocycles. The Morgan fingerprint density at radius 1 is 1.04 bits per heavy atom. The number of nitrogens with zero attached hydrogens (tertiary/aromatic N) is 3. The topological polar surface area (TPSA) is 154 Å². The van der Waals surface area contributed by atoms with Crippen molar-refractivity contribution in [3.05, 3.63) is 54.1 Å². The summed E-state index contributed by atoms with van der Waals surface area (Å²) in [5, 5.41) is 14.5. The summed E-state index contributed by atoms with van der Waals surface area (Å²) in [6.45, 7) is 4.52.